The van der Waals surface area contributed by atoms with Crippen molar-refractivity contribution in [1.82, 2.24) is 4.31 Å². The summed E-state index contributed by atoms with van der Waals surface area (Å²) in [6, 6.07) is 1.15. The summed E-state index contributed by atoms with van der Waals surface area (Å²) in [6.45, 7) is -0.162. The van der Waals surface area contributed by atoms with E-state index in [4.69, 9.17) is 9.84 Å². The van der Waals surface area contributed by atoms with Gasteiger partial charge in [-0.15, -0.1) is 0 Å². The van der Waals surface area contributed by atoms with Crippen molar-refractivity contribution in [2.75, 3.05) is 19.8 Å². The fourth-order valence-corrected chi connectivity index (χ4v) is 3.79. The van der Waals surface area contributed by atoms with Gasteiger partial charge in [-0.2, -0.15) is 4.31 Å². The Hall–Kier alpha value is -1.58. The maximum Gasteiger partial charge on any atom is 0.305 e. The molecule has 1 N–H and O–H groups in total. The Morgan fingerprint density at radius 3 is 2.81 bits per heavy atom. The van der Waals surface area contributed by atoms with Crippen molar-refractivity contribution in [2.45, 2.75) is 17.4 Å². The average Bonchev–Trinajstić information content (AvgIpc) is 2.41. The van der Waals surface area contributed by atoms with Crippen LogP contribution in [-0.4, -0.2) is 49.6 Å². The van der Waals surface area contributed by atoms with Crippen LogP contribution in [0.4, 0.5) is 8.78 Å². The first-order valence-electron chi connectivity index (χ1n) is 6.09. The number of sulfonamides is 1. The minimum absolute atomic E-state index is 0.0618. The lowest BCUT2D eigenvalue weighted by atomic mass is 10.2. The van der Waals surface area contributed by atoms with Crippen molar-refractivity contribution >= 4 is 16.0 Å². The highest BCUT2D eigenvalue weighted by molar-refractivity contribution is 7.89. The fourth-order valence-electron chi connectivity index (χ4n) is 2.12. The van der Waals surface area contributed by atoms with Gasteiger partial charge in [-0.3, -0.25) is 4.79 Å². The molecular weight excluding hydrogens is 308 g/mol. The van der Waals surface area contributed by atoms with Crippen LogP contribution in [0, 0.1) is 11.6 Å². The zero-order chi connectivity index (χ0) is 15.6. The number of benzene rings is 1. The molecule has 1 heterocycles. The van der Waals surface area contributed by atoms with E-state index in [-0.39, 0.29) is 19.8 Å². The molecule has 1 aromatic rings. The normalized spacial score (nSPS) is 20.4. The van der Waals surface area contributed by atoms with Crippen molar-refractivity contribution in [3.8, 4) is 0 Å². The summed E-state index contributed by atoms with van der Waals surface area (Å²) in [4.78, 5) is 9.98. The molecule has 6 nitrogen and oxygen atoms in total. The Kier molecular flexibility index (Phi) is 4.55. The summed E-state index contributed by atoms with van der Waals surface area (Å²) in [6.07, 6.45) is -0.476. The highest BCUT2D eigenvalue weighted by Gasteiger charge is 2.36. The highest BCUT2D eigenvalue weighted by Crippen LogP contribution is 2.25. The van der Waals surface area contributed by atoms with Crippen LogP contribution in [0.5, 0.6) is 0 Å². The van der Waals surface area contributed by atoms with E-state index in [9.17, 15) is 22.0 Å². The van der Waals surface area contributed by atoms with Crippen LogP contribution in [-0.2, 0) is 19.6 Å². The molecule has 1 aromatic carbocycles. The lowest BCUT2D eigenvalue weighted by molar-refractivity contribution is -0.139. The van der Waals surface area contributed by atoms with Crippen molar-refractivity contribution < 1.29 is 31.8 Å². The molecule has 1 aliphatic rings. The zero-order valence-corrected chi connectivity index (χ0v) is 11.6. The molecule has 116 valence electrons. The van der Waals surface area contributed by atoms with Crippen LogP contribution in [0.1, 0.15) is 6.42 Å². The van der Waals surface area contributed by atoms with Gasteiger partial charge >= 0.3 is 5.97 Å². The number of morpholine rings is 1. The lowest BCUT2D eigenvalue weighted by Crippen LogP contribution is -2.49. The van der Waals surface area contributed by atoms with Crippen LogP contribution >= 0.6 is 0 Å². The van der Waals surface area contributed by atoms with E-state index in [2.05, 4.69) is 0 Å². The quantitative estimate of drug-likeness (QED) is 0.888. The summed E-state index contributed by atoms with van der Waals surface area (Å²) >= 11 is 0. The van der Waals surface area contributed by atoms with E-state index in [0.29, 0.717) is 6.07 Å². The summed E-state index contributed by atoms with van der Waals surface area (Å²) in [5.41, 5.74) is 0. The molecule has 1 fully saturated rings. The summed E-state index contributed by atoms with van der Waals surface area (Å²) in [7, 11) is -4.33. The first kappa shape index (κ1) is 15.8. The van der Waals surface area contributed by atoms with E-state index in [1.54, 1.807) is 0 Å². The number of nitrogens with zero attached hydrogens (tertiary/aromatic N) is 1. The van der Waals surface area contributed by atoms with Crippen molar-refractivity contribution in [2.24, 2.45) is 0 Å². The second-order valence-electron chi connectivity index (χ2n) is 4.52. The van der Waals surface area contributed by atoms with Gasteiger partial charge in [0.05, 0.1) is 25.7 Å². The smallest absolute Gasteiger partial charge is 0.305 e. The first-order chi connectivity index (χ1) is 9.82. The van der Waals surface area contributed by atoms with Crippen LogP contribution in [0.25, 0.3) is 0 Å². The Labute approximate surface area is 120 Å². The summed E-state index contributed by atoms with van der Waals surface area (Å²) in [5.74, 6) is -3.18. The Morgan fingerprint density at radius 1 is 1.43 bits per heavy atom. The summed E-state index contributed by atoms with van der Waals surface area (Å²) < 4.78 is 57.6. The topological polar surface area (TPSA) is 83.9 Å². The number of carboxylic acid groups (broad SMARTS) is 1. The third-order valence-electron chi connectivity index (χ3n) is 3.06. The zero-order valence-electron chi connectivity index (χ0n) is 10.8. The monoisotopic (exact) mass is 321 g/mol. The maximum absolute atomic E-state index is 13.7. The van der Waals surface area contributed by atoms with E-state index < -0.39 is 45.0 Å². The maximum atomic E-state index is 13.7. The molecule has 21 heavy (non-hydrogen) atoms. The van der Waals surface area contributed by atoms with Gasteiger partial charge in [0.2, 0.25) is 10.0 Å². The second-order valence-corrected chi connectivity index (χ2v) is 6.38. The number of aliphatic carboxylic acids is 1. The fraction of sp³-hybridized carbons (Fsp3) is 0.417. The molecular formula is C12H13F2NO5S. The highest BCUT2D eigenvalue weighted by atomic mass is 32.2. The van der Waals surface area contributed by atoms with Crippen LogP contribution < -0.4 is 0 Å². The molecule has 0 aromatic heterocycles. The van der Waals surface area contributed by atoms with Gasteiger partial charge in [0.25, 0.3) is 0 Å². The Balaban J connectivity index is 2.40. The predicted molar refractivity (Wildman–Crippen MR) is 67.1 cm³/mol. The number of ether oxygens (including phenoxy) is 1. The molecule has 0 spiro atoms. The number of carboxylic acids is 1. The third kappa shape index (κ3) is 3.36. The average molecular weight is 321 g/mol. The number of hydrogen-bond acceptors (Lipinski definition) is 4. The van der Waals surface area contributed by atoms with Crippen molar-refractivity contribution in [3.05, 3.63) is 29.8 Å². The molecule has 1 aliphatic heterocycles. The molecule has 9 heteroatoms. The molecule has 1 saturated heterocycles. The standard InChI is InChI=1S/C12H13F2NO5S/c13-8-1-2-10(14)11(5-8)21(18,19)15-3-4-20-7-9(15)6-12(16)17/h1-2,5,9H,3-4,6-7H2,(H,16,17). The lowest BCUT2D eigenvalue weighted by Gasteiger charge is -2.33. The summed E-state index contributed by atoms with van der Waals surface area (Å²) in [5, 5.41) is 8.81. The number of carbonyl (C=O) groups is 1. The van der Waals surface area contributed by atoms with Crippen LogP contribution in [0.3, 0.4) is 0 Å². The minimum Gasteiger partial charge on any atom is -0.481 e. The molecule has 0 amide bonds. The Morgan fingerprint density at radius 2 is 2.14 bits per heavy atom. The van der Waals surface area contributed by atoms with Gasteiger partial charge in [0, 0.05) is 6.54 Å². The number of hydrogen-bond donors (Lipinski definition) is 1. The molecule has 0 saturated carbocycles. The molecule has 0 aliphatic carbocycles. The van der Waals surface area contributed by atoms with Gasteiger partial charge in [-0.05, 0) is 18.2 Å². The van der Waals surface area contributed by atoms with E-state index in [1.165, 1.54) is 0 Å². The SMILES string of the molecule is O=C(O)CC1COCCN1S(=O)(=O)c1cc(F)ccc1F. The van der Waals surface area contributed by atoms with Gasteiger partial charge in [-0.25, -0.2) is 17.2 Å². The van der Waals surface area contributed by atoms with Gasteiger partial charge in [-0.1, -0.05) is 0 Å². The Bertz CT molecular complexity index is 649. The first-order valence-corrected chi connectivity index (χ1v) is 7.53. The molecule has 1 unspecified atom stereocenters. The largest absolute Gasteiger partial charge is 0.481 e. The minimum atomic E-state index is -4.33. The third-order valence-corrected chi connectivity index (χ3v) is 5.03. The molecule has 1 atom stereocenters. The van der Waals surface area contributed by atoms with Crippen molar-refractivity contribution in [3.63, 3.8) is 0 Å². The molecule has 0 radical (unpaired) electrons. The van der Waals surface area contributed by atoms with E-state index in [1.807, 2.05) is 0 Å². The number of rotatable bonds is 4. The van der Waals surface area contributed by atoms with Crippen molar-refractivity contribution in [1.29, 1.82) is 0 Å². The van der Waals surface area contributed by atoms with E-state index in [0.717, 1.165) is 16.4 Å². The predicted octanol–water partition coefficient (Wildman–Crippen LogP) is 0.829. The number of halogens is 2. The van der Waals surface area contributed by atoms with Crippen LogP contribution in [0.2, 0.25) is 0 Å². The van der Waals surface area contributed by atoms with E-state index >= 15 is 0 Å². The van der Waals surface area contributed by atoms with Gasteiger partial charge in [0.1, 0.15) is 16.5 Å². The molecule has 0 bridgehead atoms. The second kappa shape index (κ2) is 6.04. The van der Waals surface area contributed by atoms with Gasteiger partial charge < -0.3 is 9.84 Å². The van der Waals surface area contributed by atoms with Crippen LogP contribution in [0.15, 0.2) is 23.1 Å². The van der Waals surface area contributed by atoms with Gasteiger partial charge in [0.15, 0.2) is 0 Å². The molecule has 2 rings (SSSR count).